The van der Waals surface area contributed by atoms with Gasteiger partial charge >= 0.3 is 5.97 Å². The zero-order valence-electron chi connectivity index (χ0n) is 20.1. The molecule has 4 rings (SSSR count). The molecule has 0 saturated carbocycles. The van der Waals surface area contributed by atoms with Crippen molar-refractivity contribution in [3.05, 3.63) is 76.2 Å². The zero-order valence-corrected chi connectivity index (χ0v) is 20.8. The van der Waals surface area contributed by atoms with Gasteiger partial charge in [-0.2, -0.15) is 10.1 Å². The number of nitrogens with one attached hydrogen (secondary N) is 1. The molecule has 1 atom stereocenters. The van der Waals surface area contributed by atoms with Crippen LogP contribution in [0.5, 0.6) is 11.5 Å². The Bertz CT molecular complexity index is 1220. The number of benzene rings is 2. The second kappa shape index (κ2) is 11.3. The number of aromatic nitrogens is 3. The smallest absolute Gasteiger partial charge is 0.338 e. The number of rotatable bonds is 10. The number of anilines is 1. The lowest BCUT2D eigenvalue weighted by molar-refractivity contribution is -0.139. The lowest BCUT2D eigenvalue weighted by Crippen LogP contribution is -2.29. The van der Waals surface area contributed by atoms with Crippen molar-refractivity contribution < 1.29 is 19.0 Å². The Morgan fingerprint density at radius 1 is 1.14 bits per heavy atom. The van der Waals surface area contributed by atoms with Crippen LogP contribution < -0.4 is 14.8 Å². The van der Waals surface area contributed by atoms with E-state index in [0.717, 1.165) is 24.0 Å². The summed E-state index contributed by atoms with van der Waals surface area (Å²) in [6.45, 7) is 6.91. The molecule has 1 aliphatic heterocycles. The molecule has 2 aromatic carbocycles. The van der Waals surface area contributed by atoms with E-state index in [1.54, 1.807) is 4.68 Å². The summed E-state index contributed by atoms with van der Waals surface area (Å²) >= 11 is 6.28. The van der Waals surface area contributed by atoms with Crippen molar-refractivity contribution in [1.82, 2.24) is 14.8 Å². The zero-order chi connectivity index (χ0) is 24.8. The number of carbonyl (C=O) groups excluding carboxylic acids is 1. The van der Waals surface area contributed by atoms with E-state index >= 15 is 0 Å². The first-order valence-electron chi connectivity index (χ1n) is 11.7. The van der Waals surface area contributed by atoms with E-state index in [9.17, 15) is 4.79 Å². The van der Waals surface area contributed by atoms with Gasteiger partial charge in [0.25, 0.3) is 0 Å². The molecule has 8 nitrogen and oxygen atoms in total. The number of allylic oxidation sites excluding steroid dienone is 1. The molecule has 0 spiro atoms. The fourth-order valence-electron chi connectivity index (χ4n) is 3.90. The van der Waals surface area contributed by atoms with Crippen LogP contribution >= 0.6 is 11.6 Å². The number of esters is 1. The molecular weight excluding hydrogens is 468 g/mol. The van der Waals surface area contributed by atoms with E-state index in [2.05, 4.69) is 22.3 Å². The second-order valence-corrected chi connectivity index (χ2v) is 8.51. The van der Waals surface area contributed by atoms with Crippen molar-refractivity contribution in [2.45, 2.75) is 46.3 Å². The van der Waals surface area contributed by atoms with Gasteiger partial charge in [0.05, 0.1) is 18.8 Å². The van der Waals surface area contributed by atoms with E-state index in [1.807, 2.05) is 56.3 Å². The van der Waals surface area contributed by atoms with Gasteiger partial charge in [-0.05, 0) is 44.0 Å². The first-order chi connectivity index (χ1) is 17.0. The highest BCUT2D eigenvalue weighted by molar-refractivity contribution is 6.31. The second-order valence-electron chi connectivity index (χ2n) is 8.10. The van der Waals surface area contributed by atoms with Crippen molar-refractivity contribution in [1.29, 1.82) is 0 Å². The predicted molar refractivity (Wildman–Crippen MR) is 134 cm³/mol. The van der Waals surface area contributed by atoms with E-state index in [-0.39, 0.29) is 5.97 Å². The van der Waals surface area contributed by atoms with Gasteiger partial charge in [0.1, 0.15) is 19.0 Å². The summed E-state index contributed by atoms with van der Waals surface area (Å²) in [6.07, 6.45) is 3.20. The van der Waals surface area contributed by atoms with Crippen LogP contribution in [0.25, 0.3) is 0 Å². The third-order valence-corrected chi connectivity index (χ3v) is 6.04. The fraction of sp³-hybridized carbons (Fsp3) is 0.346. The normalized spacial score (nSPS) is 14.8. The molecule has 0 saturated heterocycles. The van der Waals surface area contributed by atoms with Gasteiger partial charge in [0.15, 0.2) is 11.5 Å². The summed E-state index contributed by atoms with van der Waals surface area (Å²) in [4.78, 5) is 17.4. The minimum atomic E-state index is -0.528. The number of halogens is 1. The molecule has 1 aliphatic rings. The minimum Gasteiger partial charge on any atom is -0.490 e. The highest BCUT2D eigenvalue weighted by atomic mass is 35.5. The molecule has 35 heavy (non-hydrogen) atoms. The maximum absolute atomic E-state index is 13.1. The molecule has 0 aliphatic carbocycles. The van der Waals surface area contributed by atoms with Crippen molar-refractivity contribution in [2.24, 2.45) is 0 Å². The maximum Gasteiger partial charge on any atom is 0.338 e. The molecule has 0 radical (unpaired) electrons. The minimum absolute atomic E-state index is 0.299. The van der Waals surface area contributed by atoms with Gasteiger partial charge in [-0.25, -0.2) is 9.48 Å². The van der Waals surface area contributed by atoms with Gasteiger partial charge in [-0.15, -0.1) is 0 Å². The van der Waals surface area contributed by atoms with Crippen LogP contribution in [-0.2, 0) is 16.1 Å². The molecule has 2 heterocycles. The topological polar surface area (TPSA) is 87.5 Å². The molecule has 1 N–H and O–H groups in total. The summed E-state index contributed by atoms with van der Waals surface area (Å²) in [7, 11) is 0. The van der Waals surface area contributed by atoms with E-state index in [4.69, 9.17) is 25.8 Å². The molecule has 0 amide bonds. The van der Waals surface area contributed by atoms with Gasteiger partial charge < -0.3 is 19.5 Å². The summed E-state index contributed by atoms with van der Waals surface area (Å²) in [5.74, 6) is 1.31. The Morgan fingerprint density at radius 2 is 1.97 bits per heavy atom. The van der Waals surface area contributed by atoms with Crippen LogP contribution in [0.1, 0.15) is 50.8 Å². The largest absolute Gasteiger partial charge is 0.490 e. The lowest BCUT2D eigenvalue weighted by Gasteiger charge is -2.28. The van der Waals surface area contributed by atoms with Crippen molar-refractivity contribution in [2.75, 3.05) is 18.5 Å². The van der Waals surface area contributed by atoms with Gasteiger partial charge in [-0.3, -0.25) is 0 Å². The molecule has 3 aromatic rings. The first kappa shape index (κ1) is 24.6. The highest BCUT2D eigenvalue weighted by Gasteiger charge is 2.34. The number of ether oxygens (including phenoxy) is 3. The Balaban J connectivity index is 1.67. The summed E-state index contributed by atoms with van der Waals surface area (Å²) in [6, 6.07) is 12.6. The average Bonchev–Trinajstić information content (AvgIpc) is 3.31. The number of hydrogen-bond donors (Lipinski definition) is 1. The molecule has 0 fully saturated rings. The van der Waals surface area contributed by atoms with Crippen LogP contribution in [0.15, 0.2) is 60.1 Å². The van der Waals surface area contributed by atoms with Crippen LogP contribution in [0.2, 0.25) is 5.02 Å². The van der Waals surface area contributed by atoms with Crippen LogP contribution in [0.4, 0.5) is 5.95 Å². The Morgan fingerprint density at radius 3 is 2.74 bits per heavy atom. The van der Waals surface area contributed by atoms with Crippen LogP contribution in [0, 0.1) is 0 Å². The molecule has 1 unspecified atom stereocenters. The van der Waals surface area contributed by atoms with Crippen LogP contribution in [0.3, 0.4) is 0 Å². The van der Waals surface area contributed by atoms with Crippen LogP contribution in [-0.4, -0.2) is 33.9 Å². The molecule has 0 bridgehead atoms. The fourth-order valence-corrected chi connectivity index (χ4v) is 4.09. The number of carbonyl (C=O) groups is 1. The number of nitrogens with zero attached hydrogens (tertiary/aromatic N) is 3. The van der Waals surface area contributed by atoms with Gasteiger partial charge in [0.2, 0.25) is 5.95 Å². The van der Waals surface area contributed by atoms with Crippen molar-refractivity contribution in [3.63, 3.8) is 0 Å². The monoisotopic (exact) mass is 496 g/mol. The quantitative estimate of drug-likeness (QED) is 0.291. The number of hydrogen-bond acceptors (Lipinski definition) is 7. The molecule has 9 heteroatoms. The number of unbranched alkanes of at least 4 members (excludes halogenated alkanes) is 1. The van der Waals surface area contributed by atoms with E-state index in [0.29, 0.717) is 53.6 Å². The average molecular weight is 497 g/mol. The molecule has 1 aromatic heterocycles. The summed E-state index contributed by atoms with van der Waals surface area (Å²) in [5.41, 5.74) is 2.83. The lowest BCUT2D eigenvalue weighted by atomic mass is 9.95. The highest BCUT2D eigenvalue weighted by Crippen LogP contribution is 2.39. The maximum atomic E-state index is 13.1. The van der Waals surface area contributed by atoms with Gasteiger partial charge in [-0.1, -0.05) is 49.2 Å². The SMILES string of the molecule is CCCCOC(=O)C1=C(C)Nc2ncnn2C1c1ccc(OCc2ccccc2Cl)c(OCC)c1. The number of fused-ring (bicyclic) bond motifs is 1. The predicted octanol–water partition coefficient (Wildman–Crippen LogP) is 5.54. The third-order valence-electron chi connectivity index (χ3n) is 5.67. The van der Waals surface area contributed by atoms with E-state index in [1.165, 1.54) is 6.33 Å². The standard InChI is InChI=1S/C26H29ClN4O4/c1-4-6-13-34-25(32)23-17(3)30-26-28-16-29-31(26)24(23)18-11-12-21(22(14-18)33-5-2)35-15-19-9-7-8-10-20(19)27/h7-12,14,16,24H,4-6,13,15H2,1-3H3,(H,28,29,30). The molecule has 184 valence electrons. The Labute approximate surface area is 209 Å². The summed E-state index contributed by atoms with van der Waals surface area (Å²) in [5, 5.41) is 8.17. The molecular formula is C26H29ClN4O4. The van der Waals surface area contributed by atoms with Gasteiger partial charge in [0, 0.05) is 16.3 Å². The first-order valence-corrected chi connectivity index (χ1v) is 12.1. The Hall–Kier alpha value is -3.52. The summed E-state index contributed by atoms with van der Waals surface area (Å²) < 4.78 is 19.2. The Kier molecular flexibility index (Phi) is 7.92. The van der Waals surface area contributed by atoms with Crippen molar-refractivity contribution >= 4 is 23.5 Å². The third kappa shape index (κ3) is 5.43. The van der Waals surface area contributed by atoms with E-state index < -0.39 is 6.04 Å². The van der Waals surface area contributed by atoms with Crippen molar-refractivity contribution in [3.8, 4) is 11.5 Å².